The third-order valence-corrected chi connectivity index (χ3v) is 4.40. The van der Waals surface area contributed by atoms with Crippen molar-refractivity contribution in [3.05, 3.63) is 0 Å². The van der Waals surface area contributed by atoms with E-state index in [0.717, 1.165) is 12.5 Å². The lowest BCUT2D eigenvalue weighted by Crippen LogP contribution is -2.50. The van der Waals surface area contributed by atoms with Gasteiger partial charge in [-0.2, -0.15) is 0 Å². The van der Waals surface area contributed by atoms with E-state index in [1.807, 2.05) is 0 Å². The highest BCUT2D eigenvalue weighted by molar-refractivity contribution is 5.05. The van der Waals surface area contributed by atoms with Crippen LogP contribution in [0.4, 0.5) is 0 Å². The van der Waals surface area contributed by atoms with Crippen LogP contribution >= 0.6 is 0 Å². The van der Waals surface area contributed by atoms with Crippen LogP contribution in [0.1, 0.15) is 25.7 Å². The number of hydrogen-bond acceptors (Lipinski definition) is 3. The second kappa shape index (κ2) is 4.40. The van der Waals surface area contributed by atoms with Crippen LogP contribution in [0.3, 0.4) is 0 Å². The summed E-state index contributed by atoms with van der Waals surface area (Å²) < 4.78 is 0. The molecule has 2 rings (SSSR count). The van der Waals surface area contributed by atoms with Crippen LogP contribution in [-0.2, 0) is 0 Å². The molecular weight excluding hydrogens is 186 g/mol. The summed E-state index contributed by atoms with van der Waals surface area (Å²) in [6, 6.07) is 0.644. The molecule has 3 N–H and O–H groups in total. The molecule has 2 unspecified atom stereocenters. The molecule has 88 valence electrons. The van der Waals surface area contributed by atoms with Gasteiger partial charge in [0.25, 0.3) is 0 Å². The van der Waals surface area contributed by atoms with E-state index in [2.05, 4.69) is 24.3 Å². The highest BCUT2D eigenvalue weighted by atomic mass is 15.1. The average molecular weight is 211 g/mol. The monoisotopic (exact) mass is 211 g/mol. The maximum Gasteiger partial charge on any atom is 0.0173 e. The molecule has 1 saturated heterocycles. The van der Waals surface area contributed by atoms with Gasteiger partial charge >= 0.3 is 0 Å². The number of likely N-dealkylation sites (tertiary alicyclic amines) is 1. The first kappa shape index (κ1) is 11.4. The van der Waals surface area contributed by atoms with Crippen LogP contribution in [-0.4, -0.2) is 44.7 Å². The number of rotatable bonds is 4. The van der Waals surface area contributed by atoms with E-state index >= 15 is 0 Å². The van der Waals surface area contributed by atoms with Gasteiger partial charge in [0.05, 0.1) is 0 Å². The Morgan fingerprint density at radius 3 is 2.73 bits per heavy atom. The molecule has 0 radical (unpaired) electrons. The molecule has 3 heteroatoms. The molecule has 0 aromatic carbocycles. The zero-order valence-electron chi connectivity index (χ0n) is 10.1. The molecule has 3 nitrogen and oxygen atoms in total. The van der Waals surface area contributed by atoms with Gasteiger partial charge in [0.15, 0.2) is 0 Å². The molecule has 2 atom stereocenters. The lowest BCUT2D eigenvalue weighted by atomic mass is 9.81. The summed E-state index contributed by atoms with van der Waals surface area (Å²) in [6.07, 6.45) is 5.38. The minimum absolute atomic E-state index is 0.442. The minimum atomic E-state index is 0.442. The largest absolute Gasteiger partial charge is 0.330 e. The van der Waals surface area contributed by atoms with E-state index in [1.165, 1.54) is 38.8 Å². The lowest BCUT2D eigenvalue weighted by Gasteiger charge is -2.39. The van der Waals surface area contributed by atoms with E-state index in [4.69, 9.17) is 5.73 Å². The van der Waals surface area contributed by atoms with Crippen molar-refractivity contribution in [2.75, 3.05) is 33.7 Å². The van der Waals surface area contributed by atoms with Gasteiger partial charge < -0.3 is 16.0 Å². The summed E-state index contributed by atoms with van der Waals surface area (Å²) in [4.78, 5) is 2.46. The topological polar surface area (TPSA) is 41.3 Å². The molecule has 0 aromatic rings. The van der Waals surface area contributed by atoms with Crippen molar-refractivity contribution in [2.24, 2.45) is 17.1 Å². The molecule has 0 spiro atoms. The minimum Gasteiger partial charge on any atom is -0.330 e. The Morgan fingerprint density at radius 1 is 1.53 bits per heavy atom. The number of nitrogens with one attached hydrogen (secondary N) is 1. The van der Waals surface area contributed by atoms with Crippen molar-refractivity contribution in [1.29, 1.82) is 0 Å². The molecule has 0 aromatic heterocycles. The summed E-state index contributed by atoms with van der Waals surface area (Å²) in [6.45, 7) is 3.37. The van der Waals surface area contributed by atoms with Crippen LogP contribution in [0.15, 0.2) is 0 Å². The van der Waals surface area contributed by atoms with Crippen molar-refractivity contribution in [1.82, 2.24) is 10.2 Å². The fourth-order valence-corrected chi connectivity index (χ4v) is 3.32. The van der Waals surface area contributed by atoms with Gasteiger partial charge in [-0.3, -0.25) is 0 Å². The third kappa shape index (κ3) is 2.19. The zero-order chi connectivity index (χ0) is 10.9. The third-order valence-electron chi connectivity index (χ3n) is 4.40. The fraction of sp³-hybridized carbons (Fsp3) is 1.00. The van der Waals surface area contributed by atoms with Gasteiger partial charge in [-0.1, -0.05) is 0 Å². The van der Waals surface area contributed by atoms with Crippen LogP contribution in [0, 0.1) is 11.3 Å². The second-order valence-electron chi connectivity index (χ2n) is 5.50. The van der Waals surface area contributed by atoms with Crippen LogP contribution < -0.4 is 11.1 Å². The Balaban J connectivity index is 1.99. The summed E-state index contributed by atoms with van der Waals surface area (Å²) in [7, 11) is 4.34. The Labute approximate surface area is 93.4 Å². The van der Waals surface area contributed by atoms with E-state index < -0.39 is 0 Å². The highest BCUT2D eigenvalue weighted by Gasteiger charge is 2.50. The van der Waals surface area contributed by atoms with E-state index in [0.29, 0.717) is 11.5 Å². The van der Waals surface area contributed by atoms with Crippen molar-refractivity contribution >= 4 is 0 Å². The smallest absolute Gasteiger partial charge is 0.0173 e. The molecule has 1 aliphatic carbocycles. The quantitative estimate of drug-likeness (QED) is 0.717. The van der Waals surface area contributed by atoms with Gasteiger partial charge in [0.1, 0.15) is 0 Å². The number of hydrogen-bond donors (Lipinski definition) is 2. The molecule has 1 saturated carbocycles. The number of nitrogens with zero attached hydrogens (tertiary/aromatic N) is 1. The normalized spacial score (nSPS) is 32.6. The highest BCUT2D eigenvalue weighted by Crippen LogP contribution is 2.50. The molecular formula is C12H25N3. The fourth-order valence-electron chi connectivity index (χ4n) is 3.32. The first-order valence-electron chi connectivity index (χ1n) is 6.28. The summed E-state index contributed by atoms with van der Waals surface area (Å²) in [5.41, 5.74) is 6.38. The first-order chi connectivity index (χ1) is 7.22. The number of piperidine rings is 1. The molecule has 0 amide bonds. The molecule has 2 aliphatic rings. The van der Waals surface area contributed by atoms with Crippen LogP contribution in [0.25, 0.3) is 0 Å². The summed E-state index contributed by atoms with van der Waals surface area (Å²) in [5.74, 6) is 0.805. The molecule has 2 fully saturated rings. The lowest BCUT2D eigenvalue weighted by molar-refractivity contribution is 0.141. The van der Waals surface area contributed by atoms with Crippen molar-refractivity contribution in [3.63, 3.8) is 0 Å². The Hall–Kier alpha value is -0.120. The number of nitrogens with two attached hydrogens (primary N) is 1. The summed E-state index contributed by atoms with van der Waals surface area (Å²) >= 11 is 0. The molecule has 1 aliphatic heterocycles. The maximum atomic E-state index is 5.93. The van der Waals surface area contributed by atoms with E-state index in [1.54, 1.807) is 0 Å². The van der Waals surface area contributed by atoms with Crippen LogP contribution in [0.5, 0.6) is 0 Å². The maximum absolute atomic E-state index is 5.93. The SMILES string of the molecule is CNC(C1CCCN(C)C1)C1(CN)CC1. The molecule has 1 heterocycles. The van der Waals surface area contributed by atoms with E-state index in [9.17, 15) is 0 Å². The first-order valence-corrected chi connectivity index (χ1v) is 6.28. The zero-order valence-corrected chi connectivity index (χ0v) is 10.1. The van der Waals surface area contributed by atoms with Crippen molar-refractivity contribution in [2.45, 2.75) is 31.7 Å². The van der Waals surface area contributed by atoms with Crippen LogP contribution in [0.2, 0.25) is 0 Å². The predicted molar refractivity (Wildman–Crippen MR) is 63.8 cm³/mol. The Bertz CT molecular complexity index is 213. The van der Waals surface area contributed by atoms with Gasteiger partial charge in [-0.15, -0.1) is 0 Å². The van der Waals surface area contributed by atoms with Gasteiger partial charge in [-0.25, -0.2) is 0 Å². The van der Waals surface area contributed by atoms with Gasteiger partial charge in [-0.05, 0) is 64.2 Å². The molecule has 15 heavy (non-hydrogen) atoms. The predicted octanol–water partition coefficient (Wildman–Crippen LogP) is 0.655. The Morgan fingerprint density at radius 2 is 2.27 bits per heavy atom. The Kier molecular flexibility index (Phi) is 3.33. The average Bonchev–Trinajstić information content (AvgIpc) is 3.00. The van der Waals surface area contributed by atoms with E-state index in [-0.39, 0.29) is 0 Å². The molecule has 0 bridgehead atoms. The second-order valence-corrected chi connectivity index (χ2v) is 5.50. The van der Waals surface area contributed by atoms with Gasteiger partial charge in [0, 0.05) is 12.6 Å². The van der Waals surface area contributed by atoms with Crippen molar-refractivity contribution in [3.8, 4) is 0 Å². The summed E-state index contributed by atoms with van der Waals surface area (Å²) in [5, 5.41) is 3.54. The van der Waals surface area contributed by atoms with Gasteiger partial charge in [0.2, 0.25) is 0 Å². The van der Waals surface area contributed by atoms with Crippen molar-refractivity contribution < 1.29 is 0 Å². The standard InChI is InChI=1S/C12H25N3/c1-14-11(12(9-13)5-6-12)10-4-3-7-15(2)8-10/h10-11,14H,3-9,13H2,1-2H3.